The molecule has 0 atom stereocenters. The van der Waals surface area contributed by atoms with E-state index in [1.54, 1.807) is 7.05 Å². The summed E-state index contributed by atoms with van der Waals surface area (Å²) in [7, 11) is -5.66. The number of aromatic nitrogens is 1. The Morgan fingerprint density at radius 1 is 1.25 bits per heavy atom. The Bertz CT molecular complexity index is 681. The summed E-state index contributed by atoms with van der Waals surface area (Å²) in [6.07, 6.45) is 2.54. The van der Waals surface area contributed by atoms with Crippen molar-refractivity contribution >= 4 is 25.7 Å². The van der Waals surface area contributed by atoms with Gasteiger partial charge in [0.15, 0.2) is 9.84 Å². The molecule has 2 N–H and O–H groups in total. The summed E-state index contributed by atoms with van der Waals surface area (Å²) in [6, 6.07) is 2.89. The molecule has 0 aliphatic heterocycles. The monoisotopic (exact) mass is 321 g/mol. The third-order valence-electron chi connectivity index (χ3n) is 2.99. The maximum absolute atomic E-state index is 12.2. The second kappa shape index (κ2) is 5.66. The van der Waals surface area contributed by atoms with Crippen LogP contribution in [-0.4, -0.2) is 46.4 Å². The van der Waals surface area contributed by atoms with Crippen LogP contribution in [0, 0.1) is 0 Å². The summed E-state index contributed by atoms with van der Waals surface area (Å²) in [6.45, 7) is 2.71. The van der Waals surface area contributed by atoms with Gasteiger partial charge in [-0.25, -0.2) is 26.5 Å². The first-order valence-electron chi connectivity index (χ1n) is 5.83. The number of sulfone groups is 1. The van der Waals surface area contributed by atoms with Crippen LogP contribution in [0.15, 0.2) is 23.2 Å². The first-order chi connectivity index (χ1) is 9.01. The van der Waals surface area contributed by atoms with Gasteiger partial charge in [0, 0.05) is 26.0 Å². The molecule has 114 valence electrons. The number of pyridine rings is 1. The van der Waals surface area contributed by atoms with Crippen molar-refractivity contribution in [2.75, 3.05) is 25.2 Å². The Balaban J connectivity index is 3.03. The van der Waals surface area contributed by atoms with E-state index in [1.165, 1.54) is 32.2 Å². The molecule has 0 fully saturated rings. The molecule has 1 aromatic heterocycles. The molecule has 0 aromatic carbocycles. The van der Waals surface area contributed by atoms with Gasteiger partial charge in [0.2, 0.25) is 10.0 Å². The zero-order valence-corrected chi connectivity index (χ0v) is 13.5. The summed E-state index contributed by atoms with van der Waals surface area (Å²) in [5.41, 5.74) is 0. The molecule has 0 aliphatic carbocycles. The lowest BCUT2D eigenvalue weighted by Crippen LogP contribution is -2.43. The highest BCUT2D eigenvalue weighted by Crippen LogP contribution is 2.19. The SMILES string of the molecule is CNc1ncccc1S(=O)(=O)NCC(C)(C)S(C)(=O)=O. The van der Waals surface area contributed by atoms with Crippen LogP contribution >= 0.6 is 0 Å². The lowest BCUT2D eigenvalue weighted by atomic mass is 10.2. The largest absolute Gasteiger partial charge is 0.372 e. The molecule has 9 heteroatoms. The number of sulfonamides is 1. The molecule has 0 amide bonds. The van der Waals surface area contributed by atoms with Crippen molar-refractivity contribution in [3.8, 4) is 0 Å². The average Bonchev–Trinajstić information content (AvgIpc) is 2.35. The minimum Gasteiger partial charge on any atom is -0.372 e. The van der Waals surface area contributed by atoms with Crippen LogP contribution in [0.2, 0.25) is 0 Å². The van der Waals surface area contributed by atoms with Crippen molar-refractivity contribution in [2.45, 2.75) is 23.5 Å². The van der Waals surface area contributed by atoms with Gasteiger partial charge in [0.1, 0.15) is 10.7 Å². The Morgan fingerprint density at radius 2 is 1.85 bits per heavy atom. The zero-order valence-electron chi connectivity index (χ0n) is 11.8. The highest BCUT2D eigenvalue weighted by molar-refractivity contribution is 7.92. The quantitative estimate of drug-likeness (QED) is 0.777. The molecule has 20 heavy (non-hydrogen) atoms. The summed E-state index contributed by atoms with van der Waals surface area (Å²) in [5.74, 6) is 0.206. The minimum atomic E-state index is -3.84. The van der Waals surface area contributed by atoms with Crippen LogP contribution in [0.4, 0.5) is 5.82 Å². The van der Waals surface area contributed by atoms with E-state index < -0.39 is 24.6 Å². The van der Waals surface area contributed by atoms with Gasteiger partial charge in [-0.05, 0) is 26.0 Å². The number of hydrogen-bond donors (Lipinski definition) is 2. The summed E-state index contributed by atoms with van der Waals surface area (Å²) in [4.78, 5) is 3.89. The van der Waals surface area contributed by atoms with Crippen molar-refractivity contribution in [3.63, 3.8) is 0 Å². The highest BCUT2D eigenvalue weighted by atomic mass is 32.2. The average molecular weight is 321 g/mol. The molecule has 1 rings (SSSR count). The third-order valence-corrected chi connectivity index (χ3v) is 6.57. The number of nitrogens with one attached hydrogen (secondary N) is 2. The van der Waals surface area contributed by atoms with Crippen molar-refractivity contribution in [3.05, 3.63) is 18.3 Å². The normalized spacial score (nSPS) is 13.2. The van der Waals surface area contributed by atoms with E-state index in [0.29, 0.717) is 0 Å². The summed E-state index contributed by atoms with van der Waals surface area (Å²) < 4.78 is 48.7. The van der Waals surface area contributed by atoms with Crippen LogP contribution in [-0.2, 0) is 19.9 Å². The Labute approximate surface area is 119 Å². The van der Waals surface area contributed by atoms with E-state index in [9.17, 15) is 16.8 Å². The fraction of sp³-hybridized carbons (Fsp3) is 0.545. The summed E-state index contributed by atoms with van der Waals surface area (Å²) >= 11 is 0. The maximum atomic E-state index is 12.2. The zero-order chi connectivity index (χ0) is 15.6. The molecule has 0 saturated heterocycles. The topological polar surface area (TPSA) is 105 Å². The van der Waals surface area contributed by atoms with E-state index in [-0.39, 0.29) is 17.3 Å². The van der Waals surface area contributed by atoms with Crippen LogP contribution in [0.3, 0.4) is 0 Å². The van der Waals surface area contributed by atoms with Gasteiger partial charge < -0.3 is 5.32 Å². The van der Waals surface area contributed by atoms with E-state index in [1.807, 2.05) is 0 Å². The predicted molar refractivity (Wildman–Crippen MR) is 77.9 cm³/mol. The van der Waals surface area contributed by atoms with Crippen LogP contribution in [0.25, 0.3) is 0 Å². The minimum absolute atomic E-state index is 0.0215. The van der Waals surface area contributed by atoms with Crippen molar-refractivity contribution < 1.29 is 16.8 Å². The Morgan fingerprint density at radius 3 is 2.35 bits per heavy atom. The van der Waals surface area contributed by atoms with Crippen molar-refractivity contribution in [1.82, 2.24) is 9.71 Å². The Hall–Kier alpha value is -1.19. The van der Waals surface area contributed by atoms with Gasteiger partial charge in [0.05, 0.1) is 4.75 Å². The lowest BCUT2D eigenvalue weighted by molar-refractivity contribution is 0.537. The molecule has 0 spiro atoms. The predicted octanol–water partition coefficient (Wildman–Crippen LogP) is 0.225. The highest BCUT2D eigenvalue weighted by Gasteiger charge is 2.32. The molecule has 1 heterocycles. The second-order valence-electron chi connectivity index (χ2n) is 4.96. The standard InChI is InChI=1S/C11H19N3O4S2/c1-11(2,19(4,15)16)8-14-20(17,18)9-6-5-7-13-10(9)12-3/h5-7,14H,8H2,1-4H3,(H,12,13). The molecule has 0 aliphatic rings. The second-order valence-corrected chi connectivity index (χ2v) is 9.34. The van der Waals surface area contributed by atoms with Gasteiger partial charge in [-0.2, -0.15) is 0 Å². The molecule has 0 radical (unpaired) electrons. The van der Waals surface area contributed by atoms with Crippen molar-refractivity contribution in [1.29, 1.82) is 0 Å². The Kier molecular flexibility index (Phi) is 4.78. The third kappa shape index (κ3) is 3.68. The number of rotatable bonds is 6. The number of nitrogens with zero attached hydrogens (tertiary/aromatic N) is 1. The van der Waals surface area contributed by atoms with E-state index >= 15 is 0 Å². The molecule has 0 unspecified atom stereocenters. The van der Waals surface area contributed by atoms with Gasteiger partial charge >= 0.3 is 0 Å². The van der Waals surface area contributed by atoms with Crippen LogP contribution in [0.1, 0.15) is 13.8 Å². The van der Waals surface area contributed by atoms with Gasteiger partial charge in [-0.15, -0.1) is 0 Å². The molecule has 0 bridgehead atoms. The fourth-order valence-corrected chi connectivity index (χ4v) is 3.07. The van der Waals surface area contributed by atoms with Gasteiger partial charge in [-0.1, -0.05) is 0 Å². The van der Waals surface area contributed by atoms with E-state index in [0.717, 1.165) is 6.26 Å². The first kappa shape index (κ1) is 16.9. The van der Waals surface area contributed by atoms with E-state index in [4.69, 9.17) is 0 Å². The molecule has 7 nitrogen and oxygen atoms in total. The summed E-state index contributed by atoms with van der Waals surface area (Å²) in [5, 5.41) is 2.68. The molecule has 0 saturated carbocycles. The smallest absolute Gasteiger partial charge is 0.244 e. The van der Waals surface area contributed by atoms with Crippen molar-refractivity contribution in [2.24, 2.45) is 0 Å². The first-order valence-corrected chi connectivity index (χ1v) is 9.21. The fourth-order valence-electron chi connectivity index (χ4n) is 1.27. The lowest BCUT2D eigenvalue weighted by Gasteiger charge is -2.22. The van der Waals surface area contributed by atoms with Crippen LogP contribution < -0.4 is 10.0 Å². The molecular formula is C11H19N3O4S2. The van der Waals surface area contributed by atoms with Gasteiger partial charge in [0.25, 0.3) is 0 Å². The maximum Gasteiger partial charge on any atom is 0.244 e. The molecule has 1 aromatic rings. The molecular weight excluding hydrogens is 302 g/mol. The van der Waals surface area contributed by atoms with E-state index in [2.05, 4.69) is 15.0 Å². The van der Waals surface area contributed by atoms with Gasteiger partial charge in [-0.3, -0.25) is 0 Å². The number of anilines is 1. The number of hydrogen-bond acceptors (Lipinski definition) is 6. The van der Waals surface area contributed by atoms with Crippen LogP contribution in [0.5, 0.6) is 0 Å².